The van der Waals surface area contributed by atoms with Crippen molar-refractivity contribution in [3.8, 4) is 5.75 Å². The van der Waals surface area contributed by atoms with E-state index in [2.05, 4.69) is 10.4 Å². The lowest BCUT2D eigenvalue weighted by molar-refractivity contribution is 0.0936. The van der Waals surface area contributed by atoms with Crippen molar-refractivity contribution >= 4 is 17.5 Å². The van der Waals surface area contributed by atoms with Gasteiger partial charge in [0.15, 0.2) is 6.73 Å². The van der Waals surface area contributed by atoms with Crippen LogP contribution in [0.1, 0.15) is 24.3 Å². The van der Waals surface area contributed by atoms with Crippen LogP contribution in [0.4, 0.5) is 0 Å². The van der Waals surface area contributed by atoms with Crippen LogP contribution in [0, 0.1) is 0 Å². The van der Waals surface area contributed by atoms with E-state index in [9.17, 15) is 4.79 Å². The first-order valence-electron chi connectivity index (χ1n) is 6.27. The fourth-order valence-electron chi connectivity index (χ4n) is 1.56. The highest BCUT2D eigenvalue weighted by Gasteiger charge is 2.10. The average Bonchev–Trinajstić information content (AvgIpc) is 2.86. The van der Waals surface area contributed by atoms with Gasteiger partial charge in [0.1, 0.15) is 11.4 Å². The largest absolute Gasteiger partial charge is 0.471 e. The molecule has 1 aromatic carbocycles. The first-order valence-corrected chi connectivity index (χ1v) is 6.65. The predicted octanol–water partition coefficient (Wildman–Crippen LogP) is 2.71. The third kappa shape index (κ3) is 3.99. The molecule has 6 heteroatoms. The van der Waals surface area contributed by atoms with E-state index in [-0.39, 0.29) is 18.7 Å². The maximum absolute atomic E-state index is 11.7. The van der Waals surface area contributed by atoms with Gasteiger partial charge >= 0.3 is 0 Å². The lowest BCUT2D eigenvalue weighted by Gasteiger charge is -2.07. The minimum Gasteiger partial charge on any atom is -0.471 e. The molecule has 0 spiro atoms. The Balaban J connectivity index is 1.92. The standard InChI is InChI=1S/C14H16ClN3O2/c1-10(2)16-14(19)13-7-8-18(17-13)9-20-12-5-3-11(15)4-6-12/h3-8,10H,9H2,1-2H3,(H,16,19). The van der Waals surface area contributed by atoms with Crippen LogP contribution in [0.15, 0.2) is 36.5 Å². The number of amides is 1. The molecule has 0 radical (unpaired) electrons. The van der Waals surface area contributed by atoms with Gasteiger partial charge < -0.3 is 10.1 Å². The summed E-state index contributed by atoms with van der Waals surface area (Å²) in [4.78, 5) is 11.7. The highest BCUT2D eigenvalue weighted by Crippen LogP contribution is 2.15. The fraction of sp³-hybridized carbons (Fsp3) is 0.286. The Morgan fingerprint density at radius 2 is 2.05 bits per heavy atom. The number of halogens is 1. The van der Waals surface area contributed by atoms with Crippen LogP contribution in [-0.4, -0.2) is 21.7 Å². The summed E-state index contributed by atoms with van der Waals surface area (Å²) in [6.45, 7) is 4.04. The van der Waals surface area contributed by atoms with E-state index in [1.165, 1.54) is 0 Å². The molecule has 0 atom stereocenters. The maximum atomic E-state index is 11.7. The van der Waals surface area contributed by atoms with Gasteiger partial charge in [0.05, 0.1) is 0 Å². The van der Waals surface area contributed by atoms with Crippen LogP contribution in [-0.2, 0) is 6.73 Å². The first kappa shape index (κ1) is 14.4. The molecule has 2 rings (SSSR count). The molecule has 0 saturated heterocycles. The molecule has 5 nitrogen and oxygen atoms in total. The second-order valence-corrected chi connectivity index (χ2v) is 5.03. The van der Waals surface area contributed by atoms with Crippen LogP contribution in [0.3, 0.4) is 0 Å². The Bertz CT molecular complexity index is 578. The van der Waals surface area contributed by atoms with Crippen LogP contribution in [0.5, 0.6) is 5.75 Å². The normalized spacial score (nSPS) is 10.6. The van der Waals surface area contributed by atoms with Crippen molar-refractivity contribution in [3.05, 3.63) is 47.2 Å². The summed E-state index contributed by atoms with van der Waals surface area (Å²) in [6, 6.07) is 8.79. The Morgan fingerprint density at radius 3 is 2.70 bits per heavy atom. The molecular formula is C14H16ClN3O2. The molecule has 0 saturated carbocycles. The zero-order valence-corrected chi connectivity index (χ0v) is 12.1. The number of aromatic nitrogens is 2. The molecule has 106 valence electrons. The third-order valence-electron chi connectivity index (χ3n) is 2.47. The van der Waals surface area contributed by atoms with Crippen molar-refractivity contribution in [2.24, 2.45) is 0 Å². The fourth-order valence-corrected chi connectivity index (χ4v) is 1.69. The summed E-state index contributed by atoms with van der Waals surface area (Å²) in [6.07, 6.45) is 1.70. The van der Waals surface area contributed by atoms with Crippen LogP contribution < -0.4 is 10.1 Å². The maximum Gasteiger partial charge on any atom is 0.271 e. The van der Waals surface area contributed by atoms with Crippen molar-refractivity contribution < 1.29 is 9.53 Å². The molecule has 1 heterocycles. The van der Waals surface area contributed by atoms with Gasteiger partial charge in [-0.25, -0.2) is 4.68 Å². The smallest absolute Gasteiger partial charge is 0.271 e. The molecule has 0 aliphatic rings. The molecular weight excluding hydrogens is 278 g/mol. The molecule has 0 aliphatic heterocycles. The summed E-state index contributed by atoms with van der Waals surface area (Å²) in [5.41, 5.74) is 0.374. The number of ether oxygens (including phenoxy) is 1. The topological polar surface area (TPSA) is 56.2 Å². The first-order chi connectivity index (χ1) is 9.54. The van der Waals surface area contributed by atoms with Crippen molar-refractivity contribution in [1.29, 1.82) is 0 Å². The monoisotopic (exact) mass is 293 g/mol. The molecule has 2 aromatic rings. The summed E-state index contributed by atoms with van der Waals surface area (Å²) < 4.78 is 7.09. The van der Waals surface area contributed by atoms with Crippen molar-refractivity contribution in [3.63, 3.8) is 0 Å². The van der Waals surface area contributed by atoms with E-state index in [1.54, 1.807) is 41.2 Å². The number of benzene rings is 1. The van der Waals surface area contributed by atoms with Gasteiger partial charge in [-0.05, 0) is 44.2 Å². The molecule has 1 N–H and O–H groups in total. The zero-order valence-electron chi connectivity index (χ0n) is 11.3. The van der Waals surface area contributed by atoms with Gasteiger partial charge in [0.2, 0.25) is 0 Å². The number of carbonyl (C=O) groups excluding carboxylic acids is 1. The minimum atomic E-state index is -0.190. The van der Waals surface area contributed by atoms with E-state index in [1.807, 2.05) is 13.8 Å². The van der Waals surface area contributed by atoms with Gasteiger partial charge in [-0.1, -0.05) is 11.6 Å². The molecule has 0 aliphatic carbocycles. The van der Waals surface area contributed by atoms with Gasteiger partial charge in [-0.2, -0.15) is 5.10 Å². The highest BCUT2D eigenvalue weighted by atomic mass is 35.5. The summed E-state index contributed by atoms with van der Waals surface area (Å²) >= 11 is 5.79. The van der Waals surface area contributed by atoms with Crippen LogP contribution >= 0.6 is 11.6 Å². The van der Waals surface area contributed by atoms with Gasteiger partial charge in [0.25, 0.3) is 5.91 Å². The quantitative estimate of drug-likeness (QED) is 0.922. The molecule has 20 heavy (non-hydrogen) atoms. The Morgan fingerprint density at radius 1 is 1.35 bits per heavy atom. The number of nitrogens with zero attached hydrogens (tertiary/aromatic N) is 2. The Labute approximate surface area is 122 Å². The predicted molar refractivity (Wildman–Crippen MR) is 76.9 cm³/mol. The van der Waals surface area contributed by atoms with E-state index in [4.69, 9.17) is 16.3 Å². The van der Waals surface area contributed by atoms with Crippen LogP contribution in [0.2, 0.25) is 5.02 Å². The second-order valence-electron chi connectivity index (χ2n) is 4.60. The summed E-state index contributed by atoms with van der Waals surface area (Å²) in [5, 5.41) is 7.59. The molecule has 0 bridgehead atoms. The minimum absolute atomic E-state index is 0.0815. The van der Waals surface area contributed by atoms with Crippen molar-refractivity contribution in [2.75, 3.05) is 0 Å². The third-order valence-corrected chi connectivity index (χ3v) is 2.72. The Kier molecular flexibility index (Phi) is 4.63. The number of hydrogen-bond acceptors (Lipinski definition) is 3. The summed E-state index contributed by atoms with van der Waals surface area (Å²) in [7, 11) is 0. The van der Waals surface area contributed by atoms with E-state index in [0.717, 1.165) is 0 Å². The Hall–Kier alpha value is -2.01. The lowest BCUT2D eigenvalue weighted by atomic mass is 10.3. The van der Waals surface area contributed by atoms with E-state index >= 15 is 0 Å². The van der Waals surface area contributed by atoms with Gasteiger partial charge in [-0.3, -0.25) is 4.79 Å². The SMILES string of the molecule is CC(C)NC(=O)c1ccn(COc2ccc(Cl)cc2)n1. The summed E-state index contributed by atoms with van der Waals surface area (Å²) in [5.74, 6) is 0.503. The number of nitrogens with one attached hydrogen (secondary N) is 1. The second kappa shape index (κ2) is 6.43. The van der Waals surface area contributed by atoms with Crippen molar-refractivity contribution in [1.82, 2.24) is 15.1 Å². The molecule has 1 aromatic heterocycles. The lowest BCUT2D eigenvalue weighted by Crippen LogP contribution is -2.30. The number of rotatable bonds is 5. The highest BCUT2D eigenvalue weighted by molar-refractivity contribution is 6.30. The molecule has 0 unspecified atom stereocenters. The zero-order chi connectivity index (χ0) is 14.5. The number of hydrogen-bond donors (Lipinski definition) is 1. The number of carbonyl (C=O) groups is 1. The van der Waals surface area contributed by atoms with Crippen molar-refractivity contribution in [2.45, 2.75) is 26.6 Å². The molecule has 1 amide bonds. The average molecular weight is 294 g/mol. The molecule has 0 fully saturated rings. The van der Waals surface area contributed by atoms with Crippen LogP contribution in [0.25, 0.3) is 0 Å². The van der Waals surface area contributed by atoms with Gasteiger partial charge in [-0.15, -0.1) is 0 Å². The van der Waals surface area contributed by atoms with Gasteiger partial charge in [0, 0.05) is 17.3 Å². The van der Waals surface area contributed by atoms with E-state index < -0.39 is 0 Å². The van der Waals surface area contributed by atoms with E-state index in [0.29, 0.717) is 16.5 Å².